The van der Waals surface area contributed by atoms with Crippen LogP contribution in [0.5, 0.6) is 11.5 Å². The van der Waals surface area contributed by atoms with E-state index in [0.29, 0.717) is 24.4 Å². The summed E-state index contributed by atoms with van der Waals surface area (Å²) < 4.78 is 79.9. The highest BCUT2D eigenvalue weighted by Gasteiger charge is 2.50. The van der Waals surface area contributed by atoms with Crippen LogP contribution < -0.4 is 25.0 Å². The molecule has 2 aliphatic heterocycles. The molecule has 0 saturated carbocycles. The van der Waals surface area contributed by atoms with Crippen LogP contribution in [0.3, 0.4) is 0 Å². The van der Waals surface area contributed by atoms with Crippen molar-refractivity contribution in [3.63, 3.8) is 0 Å². The zero-order valence-electron chi connectivity index (χ0n) is 23.8. The first-order valence-electron chi connectivity index (χ1n) is 13.7. The number of ether oxygens (including phenoxy) is 2. The van der Waals surface area contributed by atoms with Gasteiger partial charge in [0.1, 0.15) is 29.7 Å². The van der Waals surface area contributed by atoms with E-state index in [0.717, 1.165) is 23.8 Å². The van der Waals surface area contributed by atoms with Gasteiger partial charge in [-0.05, 0) is 54.1 Å². The number of halogens is 6. The fourth-order valence-electron chi connectivity index (χ4n) is 5.60. The molecule has 2 amide bonds. The van der Waals surface area contributed by atoms with E-state index in [1.165, 1.54) is 13.2 Å². The number of anilines is 2. The number of carbonyl (C=O) groups is 2. The highest BCUT2D eigenvalue weighted by molar-refractivity contribution is 6.31. The standard InChI is InChI=1S/C32H23ClF5N3O5/c1-45-21-5-2-16(3-6-21)15-41-8-9-46-25-14-24(39-29(42)17-10-18(32(36,37)38)12-20(35)11-17)27-26(28(25)41)30(43)40-31(27,44)22-13-19(34)4-7-23(22)33/h2-7,10-14,44H,8-9,15H2,1H3,(H,39,42)(H,40,43). The first kappa shape index (κ1) is 31.1. The number of hydrogen-bond donors (Lipinski definition) is 3. The van der Waals surface area contributed by atoms with Gasteiger partial charge in [-0.15, -0.1) is 0 Å². The number of hydrogen-bond acceptors (Lipinski definition) is 6. The maximum Gasteiger partial charge on any atom is 0.416 e. The quantitative estimate of drug-likeness (QED) is 0.212. The summed E-state index contributed by atoms with van der Waals surface area (Å²) in [6.07, 6.45) is -4.95. The minimum atomic E-state index is -4.95. The van der Waals surface area contributed by atoms with Crippen LogP contribution in [0.15, 0.2) is 66.7 Å². The number of benzene rings is 4. The Kier molecular flexibility index (Phi) is 7.77. The Labute approximate surface area is 263 Å². The highest BCUT2D eigenvalue weighted by Crippen LogP contribution is 2.50. The molecular weight excluding hydrogens is 637 g/mol. The van der Waals surface area contributed by atoms with Crippen LogP contribution in [0.1, 0.15) is 43.0 Å². The molecule has 3 N–H and O–H groups in total. The van der Waals surface area contributed by atoms with Gasteiger partial charge in [0.25, 0.3) is 11.8 Å². The number of nitrogens with one attached hydrogen (secondary N) is 2. The Morgan fingerprint density at radius 3 is 2.52 bits per heavy atom. The Hall–Kier alpha value is -4.88. The van der Waals surface area contributed by atoms with Crippen LogP contribution in [-0.2, 0) is 18.4 Å². The van der Waals surface area contributed by atoms with Crippen molar-refractivity contribution in [2.24, 2.45) is 0 Å². The number of methoxy groups -OCH3 is 1. The first-order valence-corrected chi connectivity index (χ1v) is 14.1. The molecule has 0 fully saturated rings. The Balaban J connectivity index is 1.52. The van der Waals surface area contributed by atoms with Gasteiger partial charge in [0.2, 0.25) is 0 Å². The van der Waals surface area contributed by atoms with Gasteiger partial charge in [0.15, 0.2) is 5.72 Å². The van der Waals surface area contributed by atoms with Crippen LogP contribution in [-0.4, -0.2) is 37.2 Å². The van der Waals surface area contributed by atoms with Crippen molar-refractivity contribution in [3.05, 3.63) is 117 Å². The van der Waals surface area contributed by atoms with Crippen molar-refractivity contribution in [3.8, 4) is 11.5 Å². The molecule has 0 spiro atoms. The molecule has 1 atom stereocenters. The topological polar surface area (TPSA) is 100 Å². The molecule has 1 unspecified atom stereocenters. The van der Waals surface area contributed by atoms with Crippen molar-refractivity contribution in [2.45, 2.75) is 18.4 Å². The van der Waals surface area contributed by atoms with Crippen LogP contribution in [0.4, 0.5) is 33.3 Å². The lowest BCUT2D eigenvalue weighted by atomic mass is 9.90. The highest BCUT2D eigenvalue weighted by atomic mass is 35.5. The van der Waals surface area contributed by atoms with E-state index < -0.39 is 46.5 Å². The Morgan fingerprint density at radius 2 is 1.83 bits per heavy atom. The second kappa shape index (κ2) is 11.5. The predicted molar refractivity (Wildman–Crippen MR) is 157 cm³/mol. The van der Waals surface area contributed by atoms with Crippen LogP contribution >= 0.6 is 11.6 Å². The third-order valence-corrected chi connectivity index (χ3v) is 8.00. The molecule has 4 aromatic rings. The van der Waals surface area contributed by atoms with Gasteiger partial charge in [0.05, 0.1) is 36.2 Å². The average molecular weight is 660 g/mol. The van der Waals surface area contributed by atoms with E-state index in [1.807, 2.05) is 17.0 Å². The van der Waals surface area contributed by atoms with Crippen molar-refractivity contribution >= 4 is 34.8 Å². The molecule has 46 heavy (non-hydrogen) atoms. The van der Waals surface area contributed by atoms with Gasteiger partial charge in [-0.1, -0.05) is 23.7 Å². The lowest BCUT2D eigenvalue weighted by Gasteiger charge is -2.34. The summed E-state index contributed by atoms with van der Waals surface area (Å²) in [5.41, 5.74) is -4.52. The average Bonchev–Trinajstić information content (AvgIpc) is 3.29. The van der Waals surface area contributed by atoms with Crippen molar-refractivity contribution < 1.29 is 46.1 Å². The fraction of sp³-hybridized carbons (Fsp3) is 0.188. The normalized spacial score (nSPS) is 17.1. The van der Waals surface area contributed by atoms with E-state index in [-0.39, 0.29) is 58.1 Å². The monoisotopic (exact) mass is 659 g/mol. The zero-order chi connectivity index (χ0) is 33.0. The molecule has 0 aliphatic carbocycles. The molecule has 0 aromatic heterocycles. The lowest BCUT2D eigenvalue weighted by Crippen LogP contribution is -2.41. The van der Waals surface area contributed by atoms with Crippen molar-refractivity contribution in [1.29, 1.82) is 0 Å². The Bertz CT molecular complexity index is 1890. The third-order valence-electron chi connectivity index (χ3n) is 7.67. The van der Waals surface area contributed by atoms with Gasteiger partial charge in [-0.2, -0.15) is 13.2 Å². The van der Waals surface area contributed by atoms with Crippen LogP contribution in [0, 0.1) is 11.6 Å². The largest absolute Gasteiger partial charge is 0.497 e. The lowest BCUT2D eigenvalue weighted by molar-refractivity contribution is -0.137. The molecule has 8 nitrogen and oxygen atoms in total. The molecule has 0 bridgehead atoms. The van der Waals surface area contributed by atoms with Gasteiger partial charge in [-0.3, -0.25) is 9.59 Å². The number of alkyl halides is 3. The smallest absolute Gasteiger partial charge is 0.416 e. The molecule has 2 heterocycles. The number of nitrogens with zero attached hydrogens (tertiary/aromatic N) is 1. The summed E-state index contributed by atoms with van der Waals surface area (Å²) in [5.74, 6) is -3.40. The third kappa shape index (κ3) is 5.56. The summed E-state index contributed by atoms with van der Waals surface area (Å²) in [6, 6.07) is 12.8. The number of amides is 2. The molecule has 6 rings (SSSR count). The fourth-order valence-corrected chi connectivity index (χ4v) is 5.85. The van der Waals surface area contributed by atoms with E-state index in [4.69, 9.17) is 21.1 Å². The molecule has 4 aromatic carbocycles. The summed E-state index contributed by atoms with van der Waals surface area (Å²) in [7, 11) is 1.53. The van der Waals surface area contributed by atoms with Gasteiger partial charge < -0.3 is 30.1 Å². The van der Waals surface area contributed by atoms with Gasteiger partial charge in [-0.25, -0.2) is 8.78 Å². The van der Waals surface area contributed by atoms with Gasteiger partial charge >= 0.3 is 6.18 Å². The number of rotatable bonds is 6. The maximum atomic E-state index is 14.5. The molecule has 14 heteroatoms. The number of fused-ring (bicyclic) bond motifs is 3. The number of carbonyl (C=O) groups excluding carboxylic acids is 2. The minimum Gasteiger partial charge on any atom is -0.497 e. The maximum absolute atomic E-state index is 14.5. The second-order valence-corrected chi connectivity index (χ2v) is 11.0. The van der Waals surface area contributed by atoms with Crippen LogP contribution in [0.2, 0.25) is 5.02 Å². The van der Waals surface area contributed by atoms with Crippen molar-refractivity contribution in [2.75, 3.05) is 30.5 Å². The molecule has 238 valence electrons. The molecule has 2 aliphatic rings. The Morgan fingerprint density at radius 1 is 1.09 bits per heavy atom. The molecule has 0 saturated heterocycles. The SMILES string of the molecule is COc1ccc(CN2CCOc3cc(NC(=O)c4cc(F)cc(C(F)(F)F)c4)c4c(c32)C(=O)NC4(O)c2cc(F)ccc2Cl)cc1. The zero-order valence-corrected chi connectivity index (χ0v) is 24.5. The molecule has 0 radical (unpaired) electrons. The van der Waals surface area contributed by atoms with E-state index in [9.17, 15) is 36.6 Å². The number of aliphatic hydroxyl groups is 1. The van der Waals surface area contributed by atoms with Crippen molar-refractivity contribution in [1.82, 2.24) is 5.32 Å². The van der Waals surface area contributed by atoms with E-state index in [2.05, 4.69) is 10.6 Å². The van der Waals surface area contributed by atoms with Gasteiger partial charge in [0, 0.05) is 34.3 Å². The second-order valence-electron chi connectivity index (χ2n) is 10.6. The minimum absolute atomic E-state index is 0.105. The molecular formula is C32H23ClF5N3O5. The van der Waals surface area contributed by atoms with Crippen LogP contribution in [0.25, 0.3) is 0 Å². The summed E-state index contributed by atoms with van der Waals surface area (Å²) in [4.78, 5) is 28.9. The summed E-state index contributed by atoms with van der Waals surface area (Å²) in [5, 5.41) is 16.8. The van der Waals surface area contributed by atoms with E-state index >= 15 is 0 Å². The summed E-state index contributed by atoms with van der Waals surface area (Å²) in [6.45, 7) is 0.720. The van der Waals surface area contributed by atoms with E-state index in [1.54, 1.807) is 12.1 Å². The predicted octanol–water partition coefficient (Wildman–Crippen LogP) is 6.23. The first-order chi connectivity index (χ1) is 21.8. The summed E-state index contributed by atoms with van der Waals surface area (Å²) >= 11 is 6.36.